The first-order chi connectivity index (χ1) is 5.83. The maximum Gasteiger partial charge on any atom is 0.0437 e. The molecule has 0 aromatic heterocycles. The molecule has 1 rings (SSSR count). The minimum atomic E-state index is 0.844. The first kappa shape index (κ1) is 14.4. The summed E-state index contributed by atoms with van der Waals surface area (Å²) in [4.78, 5) is 0. The average Bonchev–Trinajstić information content (AvgIpc) is 1.87. The van der Waals surface area contributed by atoms with Gasteiger partial charge in [-0.15, -0.1) is 0 Å². The van der Waals surface area contributed by atoms with Crippen LogP contribution < -0.4 is 0 Å². The molecule has 0 amide bonds. The molecule has 0 unspecified atom stereocenters. The number of hydrogen-bond donors (Lipinski definition) is 0. The Balaban J connectivity index is 0. The van der Waals surface area contributed by atoms with Crippen molar-refractivity contribution >= 4 is 0 Å². The van der Waals surface area contributed by atoms with E-state index in [1.54, 1.807) is 14.2 Å². The van der Waals surface area contributed by atoms with Crippen LogP contribution in [0.1, 0.15) is 39.5 Å². The third-order valence-electron chi connectivity index (χ3n) is 1.41. The second kappa shape index (κ2) is 17.1. The predicted octanol–water partition coefficient (Wildman–Crippen LogP) is 2.87. The molecule has 0 heterocycles. The van der Waals surface area contributed by atoms with E-state index in [2.05, 4.69) is 4.74 Å². The van der Waals surface area contributed by atoms with Gasteiger partial charge in [0.2, 0.25) is 0 Å². The molecule has 0 saturated heterocycles. The molecule has 0 spiro atoms. The Kier molecular flexibility index (Phi) is 20.6. The van der Waals surface area contributed by atoms with Crippen LogP contribution in [0.2, 0.25) is 0 Å². The van der Waals surface area contributed by atoms with Crippen LogP contribution in [-0.2, 0) is 9.47 Å². The summed E-state index contributed by atoms with van der Waals surface area (Å²) in [6.07, 6.45) is 6.00. The van der Waals surface area contributed by atoms with Gasteiger partial charge < -0.3 is 9.47 Å². The standard InChI is InChI=1S/C4H10O.C4H8.C2H6O/c1-3-5-4-2;1-2-4-3-1;1-3-2/h3-4H2,1-2H3;1-4H2;1-2H3. The first-order valence-electron chi connectivity index (χ1n) is 4.81. The quantitative estimate of drug-likeness (QED) is 0.644. The zero-order valence-corrected chi connectivity index (χ0v) is 9.06. The zero-order chi connectivity index (χ0) is 9.66. The lowest BCUT2D eigenvalue weighted by Crippen LogP contribution is -1.85. The molecular formula is C10H24O2. The molecule has 1 aliphatic rings. The van der Waals surface area contributed by atoms with Gasteiger partial charge in [-0.05, 0) is 13.8 Å². The molecule has 76 valence electrons. The van der Waals surface area contributed by atoms with Crippen molar-refractivity contribution in [3.63, 3.8) is 0 Å². The summed E-state index contributed by atoms with van der Waals surface area (Å²) in [6, 6.07) is 0. The SMILES string of the molecule is C1CCC1.CCOCC.COC. The minimum Gasteiger partial charge on any atom is -0.388 e. The lowest BCUT2D eigenvalue weighted by molar-refractivity contribution is 0.162. The first-order valence-corrected chi connectivity index (χ1v) is 4.81. The largest absolute Gasteiger partial charge is 0.388 e. The highest BCUT2D eigenvalue weighted by molar-refractivity contribution is 4.50. The Bertz CT molecular complexity index is 45.8. The van der Waals surface area contributed by atoms with Crippen LogP contribution in [0.25, 0.3) is 0 Å². The predicted molar refractivity (Wildman–Crippen MR) is 53.6 cm³/mol. The van der Waals surface area contributed by atoms with Crippen molar-refractivity contribution in [1.82, 2.24) is 0 Å². The third-order valence-corrected chi connectivity index (χ3v) is 1.41. The highest BCUT2D eigenvalue weighted by atomic mass is 16.5. The highest BCUT2D eigenvalue weighted by Crippen LogP contribution is 2.15. The van der Waals surface area contributed by atoms with Gasteiger partial charge in [0.05, 0.1) is 0 Å². The van der Waals surface area contributed by atoms with Crippen molar-refractivity contribution in [2.75, 3.05) is 27.4 Å². The van der Waals surface area contributed by atoms with Crippen molar-refractivity contribution in [3.05, 3.63) is 0 Å². The Morgan fingerprint density at radius 2 is 1.08 bits per heavy atom. The summed E-state index contributed by atoms with van der Waals surface area (Å²) in [6.45, 7) is 5.67. The molecule has 0 aliphatic heterocycles. The Morgan fingerprint density at radius 3 is 1.08 bits per heavy atom. The molecular weight excluding hydrogens is 152 g/mol. The van der Waals surface area contributed by atoms with Crippen LogP contribution in [0.4, 0.5) is 0 Å². The van der Waals surface area contributed by atoms with Crippen molar-refractivity contribution in [1.29, 1.82) is 0 Å². The Morgan fingerprint density at radius 1 is 0.833 bits per heavy atom. The lowest BCUT2D eigenvalue weighted by Gasteiger charge is -2.05. The van der Waals surface area contributed by atoms with Gasteiger partial charge in [0.1, 0.15) is 0 Å². The second-order valence-electron chi connectivity index (χ2n) is 2.60. The van der Waals surface area contributed by atoms with Gasteiger partial charge >= 0.3 is 0 Å². The van der Waals surface area contributed by atoms with E-state index in [1.807, 2.05) is 13.8 Å². The van der Waals surface area contributed by atoms with Crippen LogP contribution in [0.15, 0.2) is 0 Å². The Labute approximate surface area is 77.3 Å². The van der Waals surface area contributed by atoms with Gasteiger partial charge in [0.25, 0.3) is 0 Å². The van der Waals surface area contributed by atoms with Crippen LogP contribution in [0, 0.1) is 0 Å². The van der Waals surface area contributed by atoms with Crippen LogP contribution in [0.5, 0.6) is 0 Å². The van der Waals surface area contributed by atoms with E-state index in [-0.39, 0.29) is 0 Å². The molecule has 1 saturated carbocycles. The topological polar surface area (TPSA) is 18.5 Å². The van der Waals surface area contributed by atoms with Gasteiger partial charge in [-0.2, -0.15) is 0 Å². The molecule has 0 aromatic rings. The Hall–Kier alpha value is -0.0800. The molecule has 0 bridgehead atoms. The summed E-state index contributed by atoms with van der Waals surface area (Å²) in [5.41, 5.74) is 0. The molecule has 1 fully saturated rings. The van der Waals surface area contributed by atoms with Crippen molar-refractivity contribution < 1.29 is 9.47 Å². The van der Waals surface area contributed by atoms with E-state index in [1.165, 1.54) is 25.7 Å². The summed E-state index contributed by atoms with van der Waals surface area (Å²) in [7, 11) is 3.25. The van der Waals surface area contributed by atoms with Gasteiger partial charge in [-0.3, -0.25) is 0 Å². The van der Waals surface area contributed by atoms with Gasteiger partial charge in [0, 0.05) is 27.4 Å². The molecule has 0 atom stereocenters. The summed E-state index contributed by atoms with van der Waals surface area (Å²) >= 11 is 0. The van der Waals surface area contributed by atoms with E-state index in [9.17, 15) is 0 Å². The maximum atomic E-state index is 4.83. The van der Waals surface area contributed by atoms with Crippen molar-refractivity contribution in [3.8, 4) is 0 Å². The van der Waals surface area contributed by atoms with Gasteiger partial charge in [-0.25, -0.2) is 0 Å². The van der Waals surface area contributed by atoms with E-state index >= 15 is 0 Å². The maximum absolute atomic E-state index is 4.83. The van der Waals surface area contributed by atoms with Crippen LogP contribution >= 0.6 is 0 Å². The van der Waals surface area contributed by atoms with E-state index < -0.39 is 0 Å². The van der Waals surface area contributed by atoms with E-state index in [0.29, 0.717) is 0 Å². The minimum absolute atomic E-state index is 0.844. The summed E-state index contributed by atoms with van der Waals surface area (Å²) in [5, 5.41) is 0. The smallest absolute Gasteiger partial charge is 0.0437 e. The van der Waals surface area contributed by atoms with Crippen LogP contribution in [0.3, 0.4) is 0 Å². The normalized spacial score (nSPS) is 13.0. The zero-order valence-electron chi connectivity index (χ0n) is 9.06. The van der Waals surface area contributed by atoms with Crippen LogP contribution in [-0.4, -0.2) is 27.4 Å². The molecule has 0 radical (unpaired) electrons. The van der Waals surface area contributed by atoms with Crippen molar-refractivity contribution in [2.24, 2.45) is 0 Å². The van der Waals surface area contributed by atoms with Gasteiger partial charge in [-0.1, -0.05) is 25.7 Å². The van der Waals surface area contributed by atoms with Gasteiger partial charge in [0.15, 0.2) is 0 Å². The molecule has 2 heteroatoms. The molecule has 2 nitrogen and oxygen atoms in total. The second-order valence-corrected chi connectivity index (χ2v) is 2.60. The fourth-order valence-electron chi connectivity index (χ4n) is 0.454. The fraction of sp³-hybridized carbons (Fsp3) is 1.00. The molecule has 0 N–H and O–H groups in total. The summed E-state index contributed by atoms with van der Waals surface area (Å²) < 4.78 is 9.08. The molecule has 12 heavy (non-hydrogen) atoms. The average molecular weight is 176 g/mol. The number of methoxy groups -OCH3 is 1. The van der Waals surface area contributed by atoms with E-state index in [4.69, 9.17) is 4.74 Å². The molecule has 1 aliphatic carbocycles. The summed E-state index contributed by atoms with van der Waals surface area (Å²) in [5.74, 6) is 0. The lowest BCUT2D eigenvalue weighted by atomic mass is 10.0. The number of hydrogen-bond acceptors (Lipinski definition) is 2. The molecule has 0 aromatic carbocycles. The van der Waals surface area contributed by atoms with E-state index in [0.717, 1.165) is 13.2 Å². The number of rotatable bonds is 2. The third kappa shape index (κ3) is 22.5. The monoisotopic (exact) mass is 176 g/mol. The van der Waals surface area contributed by atoms with Crippen molar-refractivity contribution in [2.45, 2.75) is 39.5 Å². The number of ether oxygens (including phenoxy) is 2. The fourth-order valence-corrected chi connectivity index (χ4v) is 0.454. The highest BCUT2D eigenvalue weighted by Gasteiger charge is 1.95.